The molecule has 0 bridgehead atoms. The molecule has 1 fully saturated rings. The second kappa shape index (κ2) is 12.8. The van der Waals surface area contributed by atoms with Crippen LogP contribution in [0.3, 0.4) is 0 Å². The van der Waals surface area contributed by atoms with Crippen molar-refractivity contribution >= 4 is 17.5 Å². The maximum atomic E-state index is 12.7. The molecule has 1 unspecified atom stereocenters. The van der Waals surface area contributed by atoms with Crippen molar-refractivity contribution in [2.24, 2.45) is 5.73 Å². The highest BCUT2D eigenvalue weighted by Crippen LogP contribution is 2.28. The number of pyridine rings is 1. The van der Waals surface area contributed by atoms with Gasteiger partial charge in [0.05, 0.1) is 17.0 Å². The summed E-state index contributed by atoms with van der Waals surface area (Å²) in [6, 6.07) is 10.3. The summed E-state index contributed by atoms with van der Waals surface area (Å²) >= 11 is 0. The van der Waals surface area contributed by atoms with Crippen molar-refractivity contribution in [1.29, 1.82) is 0 Å². The lowest BCUT2D eigenvalue weighted by Gasteiger charge is -2.42. The van der Waals surface area contributed by atoms with Gasteiger partial charge in [-0.15, -0.1) is 0 Å². The molecule has 9 heteroatoms. The Morgan fingerprint density at radius 1 is 1.08 bits per heavy atom. The number of aromatic nitrogens is 3. The number of amides is 2. The molecule has 1 atom stereocenters. The van der Waals surface area contributed by atoms with Crippen LogP contribution in [0.4, 0.5) is 5.69 Å². The van der Waals surface area contributed by atoms with Gasteiger partial charge in [-0.1, -0.05) is 0 Å². The minimum atomic E-state index is -0.419. The van der Waals surface area contributed by atoms with E-state index in [0.717, 1.165) is 44.6 Å². The standard InChI is InChI=1S/C30H39N7O2/c1-20-9-13-32-17-25(20)18-37(26-7-5-24(6-8-26)29(31)38)27-11-15-36(16-12-27)21(2)10-14-33-30(39)28-22(3)34-19-35-23(28)4/h5-9,13,17,19,21,27H,10-12,14-16,18H2,1-4H3,(H2,31,38)(H,33,39). The number of likely N-dealkylation sites (tertiary alicyclic amines) is 1. The highest BCUT2D eigenvalue weighted by Gasteiger charge is 2.28. The first kappa shape index (κ1) is 28.2. The van der Waals surface area contributed by atoms with Gasteiger partial charge in [0, 0.05) is 61.9 Å². The van der Waals surface area contributed by atoms with Gasteiger partial charge in [0.1, 0.15) is 6.33 Å². The van der Waals surface area contributed by atoms with Crippen molar-refractivity contribution in [3.05, 3.63) is 82.7 Å². The number of anilines is 1. The number of nitrogens with two attached hydrogens (primary N) is 1. The van der Waals surface area contributed by atoms with Crippen LogP contribution in [-0.4, -0.2) is 63.4 Å². The molecule has 4 rings (SSSR count). The maximum Gasteiger partial charge on any atom is 0.254 e. The Morgan fingerprint density at radius 3 is 2.36 bits per heavy atom. The number of nitrogens with zero attached hydrogens (tertiary/aromatic N) is 5. The third kappa shape index (κ3) is 6.97. The summed E-state index contributed by atoms with van der Waals surface area (Å²) in [6.07, 6.45) is 8.16. The minimum absolute atomic E-state index is 0.111. The van der Waals surface area contributed by atoms with Gasteiger partial charge in [-0.25, -0.2) is 9.97 Å². The van der Waals surface area contributed by atoms with E-state index < -0.39 is 5.91 Å². The van der Waals surface area contributed by atoms with Crippen molar-refractivity contribution in [3.63, 3.8) is 0 Å². The van der Waals surface area contributed by atoms with Crippen LogP contribution in [0.15, 0.2) is 49.1 Å². The average Bonchev–Trinajstić information content (AvgIpc) is 2.92. The van der Waals surface area contributed by atoms with E-state index in [-0.39, 0.29) is 5.91 Å². The molecule has 3 aromatic rings. The van der Waals surface area contributed by atoms with Crippen molar-refractivity contribution in [2.75, 3.05) is 24.5 Å². The molecule has 0 saturated carbocycles. The van der Waals surface area contributed by atoms with Gasteiger partial charge < -0.3 is 20.9 Å². The molecule has 0 spiro atoms. The number of hydrogen-bond acceptors (Lipinski definition) is 7. The Balaban J connectivity index is 1.36. The highest BCUT2D eigenvalue weighted by atomic mass is 16.2. The van der Waals surface area contributed by atoms with Crippen LogP contribution in [0, 0.1) is 20.8 Å². The Hall–Kier alpha value is -3.85. The molecule has 2 amide bonds. The fourth-order valence-corrected chi connectivity index (χ4v) is 5.32. The molecule has 1 aliphatic heterocycles. The minimum Gasteiger partial charge on any atom is -0.366 e. The quantitative estimate of drug-likeness (QED) is 0.412. The fraction of sp³-hybridized carbons (Fsp3) is 0.433. The van der Waals surface area contributed by atoms with Crippen molar-refractivity contribution in [3.8, 4) is 0 Å². The van der Waals surface area contributed by atoms with Gasteiger partial charge in [0.2, 0.25) is 5.91 Å². The molecule has 0 radical (unpaired) electrons. The van der Waals surface area contributed by atoms with E-state index in [2.05, 4.69) is 43.9 Å². The zero-order valence-corrected chi connectivity index (χ0v) is 23.4. The molecule has 9 nitrogen and oxygen atoms in total. The van der Waals surface area contributed by atoms with Crippen molar-refractivity contribution in [2.45, 2.75) is 65.6 Å². The Labute approximate surface area is 230 Å². The smallest absolute Gasteiger partial charge is 0.254 e. The van der Waals surface area contributed by atoms with E-state index in [9.17, 15) is 9.59 Å². The topological polar surface area (TPSA) is 117 Å². The molecule has 1 saturated heterocycles. The molecule has 3 N–H and O–H groups in total. The highest BCUT2D eigenvalue weighted by molar-refractivity contribution is 5.96. The van der Waals surface area contributed by atoms with Crippen LogP contribution < -0.4 is 16.0 Å². The number of aryl methyl sites for hydroxylation is 3. The molecule has 2 aromatic heterocycles. The summed E-state index contributed by atoms with van der Waals surface area (Å²) in [5, 5.41) is 3.05. The van der Waals surface area contributed by atoms with Crippen molar-refractivity contribution < 1.29 is 9.59 Å². The lowest BCUT2D eigenvalue weighted by molar-refractivity contribution is 0.0941. The summed E-state index contributed by atoms with van der Waals surface area (Å²) in [4.78, 5) is 41.9. The van der Waals surface area contributed by atoms with Crippen LogP contribution in [0.1, 0.15) is 69.4 Å². The molecular weight excluding hydrogens is 490 g/mol. The number of rotatable bonds is 10. The summed E-state index contributed by atoms with van der Waals surface area (Å²) in [6.45, 7) is 11.3. The first-order chi connectivity index (χ1) is 18.7. The fourth-order valence-electron chi connectivity index (χ4n) is 5.32. The van der Waals surface area contributed by atoms with E-state index in [0.29, 0.717) is 41.1 Å². The van der Waals surface area contributed by atoms with Crippen LogP contribution in [-0.2, 0) is 6.54 Å². The normalized spacial score (nSPS) is 15.1. The zero-order valence-electron chi connectivity index (χ0n) is 23.4. The number of piperidine rings is 1. The summed E-state index contributed by atoms with van der Waals surface area (Å²) in [5.41, 5.74) is 11.4. The number of benzene rings is 1. The molecule has 39 heavy (non-hydrogen) atoms. The largest absolute Gasteiger partial charge is 0.366 e. The predicted octanol–water partition coefficient (Wildman–Crippen LogP) is 3.58. The molecule has 1 aliphatic rings. The Morgan fingerprint density at radius 2 is 1.74 bits per heavy atom. The van der Waals surface area contributed by atoms with E-state index in [1.54, 1.807) is 12.1 Å². The summed E-state index contributed by atoms with van der Waals surface area (Å²) < 4.78 is 0. The van der Waals surface area contributed by atoms with Crippen LogP contribution in [0.25, 0.3) is 0 Å². The number of carbonyl (C=O) groups excluding carboxylic acids is 2. The maximum absolute atomic E-state index is 12.7. The van der Waals surface area contributed by atoms with Gasteiger partial charge in [0.25, 0.3) is 5.91 Å². The number of nitrogens with one attached hydrogen (secondary N) is 1. The summed E-state index contributed by atoms with van der Waals surface area (Å²) in [5.74, 6) is -0.530. The SMILES string of the molecule is Cc1ccncc1CN(c1ccc(C(N)=O)cc1)C1CCN(C(C)CCNC(=O)c2c(C)ncnc2C)CC1. The lowest BCUT2D eigenvalue weighted by atomic mass is 9.98. The Bertz CT molecular complexity index is 1270. The third-order valence-electron chi connectivity index (χ3n) is 7.84. The molecular formula is C30H39N7O2. The second-order valence-electron chi connectivity index (χ2n) is 10.4. The summed E-state index contributed by atoms with van der Waals surface area (Å²) in [7, 11) is 0. The van der Waals surface area contributed by atoms with Crippen LogP contribution in [0.2, 0.25) is 0 Å². The van der Waals surface area contributed by atoms with Gasteiger partial charge in [0.15, 0.2) is 0 Å². The molecule has 0 aliphatic carbocycles. The zero-order chi connectivity index (χ0) is 27.9. The van der Waals surface area contributed by atoms with E-state index in [1.807, 2.05) is 44.4 Å². The molecule has 206 valence electrons. The van der Waals surface area contributed by atoms with E-state index in [1.165, 1.54) is 17.5 Å². The molecule has 1 aromatic carbocycles. The van der Waals surface area contributed by atoms with Crippen molar-refractivity contribution in [1.82, 2.24) is 25.2 Å². The van der Waals surface area contributed by atoms with Crippen LogP contribution in [0.5, 0.6) is 0 Å². The van der Waals surface area contributed by atoms with Gasteiger partial charge in [-0.2, -0.15) is 0 Å². The monoisotopic (exact) mass is 529 g/mol. The third-order valence-corrected chi connectivity index (χ3v) is 7.84. The van der Waals surface area contributed by atoms with E-state index in [4.69, 9.17) is 5.73 Å². The predicted molar refractivity (Wildman–Crippen MR) is 153 cm³/mol. The number of carbonyl (C=O) groups is 2. The Kier molecular flexibility index (Phi) is 9.24. The van der Waals surface area contributed by atoms with E-state index >= 15 is 0 Å². The first-order valence-corrected chi connectivity index (χ1v) is 13.6. The van der Waals surface area contributed by atoms with Gasteiger partial charge >= 0.3 is 0 Å². The number of hydrogen-bond donors (Lipinski definition) is 2. The van der Waals surface area contributed by atoms with Gasteiger partial charge in [-0.3, -0.25) is 14.6 Å². The second-order valence-corrected chi connectivity index (χ2v) is 10.4. The molecule has 3 heterocycles. The number of primary amides is 1. The van der Waals surface area contributed by atoms with Gasteiger partial charge in [-0.05, 0) is 88.4 Å². The average molecular weight is 530 g/mol. The first-order valence-electron chi connectivity index (χ1n) is 13.6. The lowest BCUT2D eigenvalue weighted by Crippen LogP contribution is -2.48. The van der Waals surface area contributed by atoms with Crippen LogP contribution >= 0.6 is 0 Å².